The predicted molar refractivity (Wildman–Crippen MR) is 124 cm³/mol. The summed E-state index contributed by atoms with van der Waals surface area (Å²) in [4.78, 5) is 23.0. The molecule has 1 fully saturated rings. The number of allylic oxidation sites excluding steroid dienone is 4. The lowest BCUT2D eigenvalue weighted by Gasteiger charge is -2.36. The number of nitrogens with zero attached hydrogens (tertiary/aromatic N) is 3. The number of benzene rings is 1. The Morgan fingerprint density at radius 2 is 1.90 bits per heavy atom. The summed E-state index contributed by atoms with van der Waals surface area (Å²) in [6.07, 6.45) is 5.43. The van der Waals surface area contributed by atoms with E-state index in [1.807, 2.05) is 32.2 Å². The smallest absolute Gasteiger partial charge is 0.185 e. The Bertz CT molecular complexity index is 1120. The van der Waals surface area contributed by atoms with Crippen LogP contribution in [0.3, 0.4) is 0 Å². The molecule has 0 radical (unpaired) electrons. The molecule has 0 saturated carbocycles. The Kier molecular flexibility index (Phi) is 4.74. The van der Waals surface area contributed by atoms with Gasteiger partial charge in [-0.2, -0.15) is 0 Å². The van der Waals surface area contributed by atoms with Crippen LogP contribution in [-0.2, 0) is 10.2 Å². The van der Waals surface area contributed by atoms with E-state index >= 15 is 0 Å². The van der Waals surface area contributed by atoms with Crippen LogP contribution in [0.4, 0.5) is 10.8 Å². The second kappa shape index (κ2) is 7.23. The third-order valence-electron chi connectivity index (χ3n) is 6.99. The minimum absolute atomic E-state index is 0.0744. The number of hydrogen-bond acceptors (Lipinski definition) is 6. The number of para-hydroxylation sites is 1. The van der Waals surface area contributed by atoms with Gasteiger partial charge in [0.2, 0.25) is 0 Å². The van der Waals surface area contributed by atoms with Crippen molar-refractivity contribution in [3.8, 4) is 0 Å². The lowest BCUT2D eigenvalue weighted by molar-refractivity contribution is -0.313. The molecule has 1 aromatic heterocycles. The summed E-state index contributed by atoms with van der Waals surface area (Å²) >= 11 is 1.52. The number of carbonyl (C=O) groups excluding carboxylic acids is 1. The van der Waals surface area contributed by atoms with E-state index in [0.29, 0.717) is 5.57 Å². The molecule has 2 aliphatic heterocycles. The van der Waals surface area contributed by atoms with E-state index in [2.05, 4.69) is 35.8 Å². The zero-order valence-corrected chi connectivity index (χ0v) is 19.4. The van der Waals surface area contributed by atoms with Crippen molar-refractivity contribution in [1.82, 2.24) is 4.98 Å². The Morgan fingerprint density at radius 1 is 1.19 bits per heavy atom. The monoisotopic (exact) mass is 434 g/mol. The highest BCUT2D eigenvalue weighted by Crippen LogP contribution is 2.49. The quantitative estimate of drug-likeness (QED) is 0.730. The van der Waals surface area contributed by atoms with Gasteiger partial charge in [0.1, 0.15) is 0 Å². The zero-order chi connectivity index (χ0) is 21.9. The largest absolute Gasteiger partial charge is 0.874 e. The lowest BCUT2D eigenvalue weighted by atomic mass is 9.77. The van der Waals surface area contributed by atoms with Gasteiger partial charge in [0, 0.05) is 47.4 Å². The van der Waals surface area contributed by atoms with Crippen molar-refractivity contribution in [3.05, 3.63) is 63.5 Å². The standard InChI is InChI=1S/C25H29N3O2S/c1-15-23(31-24(26-15)28-12-8-5-9-13-28)20-21(29)16(22(20)30)14-19-25(2,3)17-10-6-7-11-18(17)27(19)4/h6-7,10-11,14,20,29H,5,8-9,12-13H2,1-4H3/p-1/b19-14-. The van der Waals surface area contributed by atoms with Crippen molar-refractivity contribution < 1.29 is 9.90 Å². The number of piperidine rings is 1. The normalized spacial score (nSPS) is 24.1. The van der Waals surface area contributed by atoms with Crippen LogP contribution in [0.5, 0.6) is 0 Å². The SMILES string of the molecule is Cc1nc(N2CCCCC2)sc1C1C(=O)C(/C=C2\N(C)c3ccccc3C2(C)C)=C1[O-]. The van der Waals surface area contributed by atoms with E-state index in [-0.39, 0.29) is 17.0 Å². The topological polar surface area (TPSA) is 59.5 Å². The molecule has 0 amide bonds. The first kappa shape index (κ1) is 20.3. The summed E-state index contributed by atoms with van der Waals surface area (Å²) in [5, 5.41) is 14.1. The van der Waals surface area contributed by atoms with Gasteiger partial charge < -0.3 is 14.9 Å². The fraction of sp³-hybridized carbons (Fsp3) is 0.440. The number of carbonyl (C=O) groups is 1. The number of thiazole rings is 1. The summed E-state index contributed by atoms with van der Waals surface area (Å²) in [5.74, 6) is -0.829. The van der Waals surface area contributed by atoms with Gasteiger partial charge in [0.15, 0.2) is 10.9 Å². The Hall–Kier alpha value is -2.60. The maximum Gasteiger partial charge on any atom is 0.185 e. The van der Waals surface area contributed by atoms with Gasteiger partial charge in [-0.25, -0.2) is 4.98 Å². The van der Waals surface area contributed by atoms with E-state index in [1.54, 1.807) is 0 Å². The average molecular weight is 435 g/mol. The molecule has 1 aliphatic carbocycles. The van der Waals surface area contributed by atoms with Crippen LogP contribution in [0.15, 0.2) is 47.4 Å². The molecule has 5 nitrogen and oxygen atoms in total. The minimum atomic E-state index is -0.680. The third-order valence-corrected chi connectivity index (χ3v) is 8.27. The molecular formula is C25H28N3O2S-. The van der Waals surface area contributed by atoms with E-state index in [1.165, 1.54) is 36.2 Å². The summed E-state index contributed by atoms with van der Waals surface area (Å²) in [7, 11) is 2.00. The van der Waals surface area contributed by atoms with Gasteiger partial charge in [-0.15, -0.1) is 17.1 Å². The molecule has 0 bridgehead atoms. The van der Waals surface area contributed by atoms with Crippen molar-refractivity contribution in [2.75, 3.05) is 29.9 Å². The second-order valence-electron chi connectivity index (χ2n) is 9.30. The van der Waals surface area contributed by atoms with Crippen molar-refractivity contribution in [2.24, 2.45) is 0 Å². The van der Waals surface area contributed by atoms with E-state index < -0.39 is 5.92 Å². The zero-order valence-electron chi connectivity index (χ0n) is 18.6. The third kappa shape index (κ3) is 3.03. The maximum atomic E-state index is 13.1. The first-order chi connectivity index (χ1) is 14.8. The highest BCUT2D eigenvalue weighted by molar-refractivity contribution is 7.16. The number of hydrogen-bond donors (Lipinski definition) is 0. The van der Waals surface area contributed by atoms with Gasteiger partial charge in [-0.1, -0.05) is 32.0 Å². The van der Waals surface area contributed by atoms with Crippen LogP contribution in [0.25, 0.3) is 0 Å². The average Bonchev–Trinajstić information content (AvgIpc) is 3.23. The Morgan fingerprint density at radius 3 is 2.58 bits per heavy atom. The molecule has 162 valence electrons. The molecule has 0 spiro atoms. The van der Waals surface area contributed by atoms with Crippen molar-refractivity contribution in [2.45, 2.75) is 51.4 Å². The van der Waals surface area contributed by atoms with E-state index in [9.17, 15) is 9.90 Å². The summed E-state index contributed by atoms with van der Waals surface area (Å²) < 4.78 is 0. The molecule has 1 aromatic carbocycles. The molecule has 2 aromatic rings. The molecule has 1 unspecified atom stereocenters. The maximum absolute atomic E-state index is 13.1. The number of aryl methyl sites for hydroxylation is 1. The highest BCUT2D eigenvalue weighted by Gasteiger charge is 2.41. The molecule has 3 heterocycles. The second-order valence-corrected chi connectivity index (χ2v) is 10.3. The summed E-state index contributed by atoms with van der Waals surface area (Å²) in [5.41, 5.74) is 4.20. The fourth-order valence-electron chi connectivity index (χ4n) is 5.13. The Labute approximate surface area is 187 Å². The van der Waals surface area contributed by atoms with Crippen molar-refractivity contribution in [3.63, 3.8) is 0 Å². The van der Waals surface area contributed by atoms with Crippen molar-refractivity contribution >= 4 is 27.9 Å². The van der Waals surface area contributed by atoms with Gasteiger partial charge in [0.05, 0.1) is 11.6 Å². The molecule has 6 heteroatoms. The number of aromatic nitrogens is 1. The number of fused-ring (bicyclic) bond motifs is 1. The molecule has 1 saturated heterocycles. The molecule has 1 atom stereocenters. The highest BCUT2D eigenvalue weighted by atomic mass is 32.1. The number of anilines is 2. The first-order valence-electron chi connectivity index (χ1n) is 11.0. The lowest BCUT2D eigenvalue weighted by Crippen LogP contribution is -2.36. The molecule has 3 aliphatic rings. The van der Waals surface area contributed by atoms with Crippen LogP contribution >= 0.6 is 11.3 Å². The molecule has 0 N–H and O–H groups in total. The number of rotatable bonds is 3. The molecule has 31 heavy (non-hydrogen) atoms. The number of Topliss-reactive ketones (excluding diaryl/α,β-unsaturated/α-hetero) is 1. The number of likely N-dealkylation sites (N-methyl/N-ethyl adjacent to an activating group) is 1. The predicted octanol–water partition coefficient (Wildman–Crippen LogP) is 4.03. The van der Waals surface area contributed by atoms with Crippen LogP contribution in [0.1, 0.15) is 55.2 Å². The minimum Gasteiger partial charge on any atom is -0.874 e. The summed E-state index contributed by atoms with van der Waals surface area (Å²) in [6, 6.07) is 8.25. The molecular weight excluding hydrogens is 406 g/mol. The molecule has 5 rings (SSSR count). The van der Waals surface area contributed by atoms with Gasteiger partial charge >= 0.3 is 0 Å². The van der Waals surface area contributed by atoms with Crippen LogP contribution < -0.4 is 14.9 Å². The van der Waals surface area contributed by atoms with Gasteiger partial charge in [0.25, 0.3) is 0 Å². The van der Waals surface area contributed by atoms with E-state index in [4.69, 9.17) is 4.98 Å². The number of ketones is 1. The van der Waals surface area contributed by atoms with Crippen LogP contribution in [-0.4, -0.2) is 30.9 Å². The summed E-state index contributed by atoms with van der Waals surface area (Å²) in [6.45, 7) is 8.21. The van der Waals surface area contributed by atoms with Gasteiger partial charge in [-0.05, 0) is 43.9 Å². The Balaban J connectivity index is 1.47. The van der Waals surface area contributed by atoms with Gasteiger partial charge in [-0.3, -0.25) is 4.79 Å². The van der Waals surface area contributed by atoms with Crippen molar-refractivity contribution in [1.29, 1.82) is 0 Å². The van der Waals surface area contributed by atoms with Crippen LogP contribution in [0.2, 0.25) is 0 Å². The fourth-order valence-corrected chi connectivity index (χ4v) is 6.35. The van der Waals surface area contributed by atoms with Crippen LogP contribution in [0, 0.1) is 6.92 Å². The van der Waals surface area contributed by atoms with E-state index in [0.717, 1.165) is 40.2 Å². The first-order valence-corrected chi connectivity index (χ1v) is 11.9.